The van der Waals surface area contributed by atoms with Crippen LogP contribution in [0.5, 0.6) is 17.2 Å². The number of ether oxygens (including phenoxy) is 3. The SMILES string of the molecule is CCOC(=O)C1=C(C)N=c2s/c(=C\c3cc(I)c(O)c([N+](=O)[O-])c3)c(=O)n2[C@H]1c1ccc(OC)c(OCC)c1. The van der Waals surface area contributed by atoms with Crippen molar-refractivity contribution in [1.82, 2.24) is 4.57 Å². The second kappa shape index (κ2) is 11.6. The molecule has 0 saturated heterocycles. The number of benzene rings is 2. The molecule has 0 amide bonds. The summed E-state index contributed by atoms with van der Waals surface area (Å²) < 4.78 is 18.4. The first-order chi connectivity index (χ1) is 18.6. The molecule has 4 rings (SSSR count). The molecule has 0 fully saturated rings. The number of phenols is 1. The molecule has 2 heterocycles. The van der Waals surface area contributed by atoms with E-state index in [1.165, 1.54) is 29.9 Å². The lowest BCUT2D eigenvalue weighted by molar-refractivity contribution is -0.386. The normalized spacial score (nSPS) is 15.0. The van der Waals surface area contributed by atoms with Gasteiger partial charge in [0.2, 0.25) is 5.75 Å². The van der Waals surface area contributed by atoms with Crippen LogP contribution >= 0.6 is 33.9 Å². The summed E-state index contributed by atoms with van der Waals surface area (Å²) in [6.07, 6.45) is 1.50. The Labute approximate surface area is 240 Å². The summed E-state index contributed by atoms with van der Waals surface area (Å²) in [7, 11) is 1.52. The van der Waals surface area contributed by atoms with Crippen LogP contribution in [0.4, 0.5) is 5.69 Å². The molecule has 0 saturated carbocycles. The van der Waals surface area contributed by atoms with Gasteiger partial charge in [0.1, 0.15) is 0 Å². The summed E-state index contributed by atoms with van der Waals surface area (Å²) in [6, 6.07) is 7.01. The van der Waals surface area contributed by atoms with Gasteiger partial charge in [-0.05, 0) is 78.8 Å². The van der Waals surface area contributed by atoms with Gasteiger partial charge in [-0.2, -0.15) is 0 Å². The number of fused-ring (bicyclic) bond motifs is 1. The lowest BCUT2D eigenvalue weighted by atomic mass is 9.95. The molecule has 0 aliphatic carbocycles. The number of hydrogen-bond acceptors (Lipinski definition) is 10. The van der Waals surface area contributed by atoms with Crippen molar-refractivity contribution in [2.75, 3.05) is 20.3 Å². The minimum Gasteiger partial charge on any atom is -0.501 e. The van der Waals surface area contributed by atoms with Gasteiger partial charge >= 0.3 is 11.7 Å². The fourth-order valence-corrected chi connectivity index (χ4v) is 5.90. The maximum Gasteiger partial charge on any atom is 0.338 e. The fraction of sp³-hybridized carbons (Fsp3) is 0.269. The molecule has 0 bridgehead atoms. The minimum absolute atomic E-state index is 0.137. The Hall–Kier alpha value is -3.72. The van der Waals surface area contributed by atoms with Crippen molar-refractivity contribution in [3.63, 3.8) is 0 Å². The van der Waals surface area contributed by atoms with Crippen molar-refractivity contribution in [2.24, 2.45) is 4.99 Å². The third-order valence-electron chi connectivity index (χ3n) is 5.88. The highest BCUT2D eigenvalue weighted by Crippen LogP contribution is 2.36. The van der Waals surface area contributed by atoms with Crippen molar-refractivity contribution in [3.05, 3.63) is 86.1 Å². The van der Waals surface area contributed by atoms with Gasteiger partial charge < -0.3 is 19.3 Å². The molecule has 3 aromatic rings. The Bertz CT molecular complexity index is 1690. The van der Waals surface area contributed by atoms with Gasteiger partial charge in [-0.1, -0.05) is 17.4 Å². The summed E-state index contributed by atoms with van der Waals surface area (Å²) in [4.78, 5) is 42.5. The maximum atomic E-state index is 13.8. The smallest absolute Gasteiger partial charge is 0.338 e. The molecule has 2 aromatic carbocycles. The van der Waals surface area contributed by atoms with Gasteiger partial charge in [0.25, 0.3) is 5.56 Å². The van der Waals surface area contributed by atoms with Gasteiger partial charge in [-0.3, -0.25) is 19.5 Å². The zero-order valence-corrected chi connectivity index (χ0v) is 24.4. The molecular weight excluding hydrogens is 641 g/mol. The summed E-state index contributed by atoms with van der Waals surface area (Å²) >= 11 is 2.87. The Morgan fingerprint density at radius 3 is 2.64 bits per heavy atom. The molecule has 39 heavy (non-hydrogen) atoms. The molecule has 1 aromatic heterocycles. The van der Waals surface area contributed by atoms with E-state index >= 15 is 0 Å². The number of methoxy groups -OCH3 is 1. The van der Waals surface area contributed by atoms with Crippen LogP contribution in [-0.2, 0) is 9.53 Å². The van der Waals surface area contributed by atoms with E-state index in [1.807, 2.05) is 6.92 Å². The number of thiazole rings is 1. The highest BCUT2D eigenvalue weighted by atomic mass is 127. The number of allylic oxidation sites excluding steroid dienone is 1. The summed E-state index contributed by atoms with van der Waals surface area (Å²) in [6.45, 7) is 5.71. The largest absolute Gasteiger partial charge is 0.501 e. The van der Waals surface area contributed by atoms with Crippen LogP contribution in [-0.4, -0.2) is 40.9 Å². The average Bonchev–Trinajstić information content (AvgIpc) is 3.19. The molecule has 204 valence electrons. The number of nitro groups is 1. The molecule has 0 spiro atoms. The zero-order valence-electron chi connectivity index (χ0n) is 21.4. The van der Waals surface area contributed by atoms with E-state index in [-0.39, 0.29) is 20.3 Å². The highest BCUT2D eigenvalue weighted by molar-refractivity contribution is 14.1. The summed E-state index contributed by atoms with van der Waals surface area (Å²) in [5.41, 5.74) is 0.626. The van der Waals surface area contributed by atoms with Gasteiger partial charge in [0.15, 0.2) is 16.3 Å². The minimum atomic E-state index is -0.873. The molecule has 1 aliphatic rings. The first kappa shape index (κ1) is 28.3. The number of esters is 1. The first-order valence-corrected chi connectivity index (χ1v) is 13.7. The zero-order chi connectivity index (χ0) is 28.4. The number of hydrogen-bond donors (Lipinski definition) is 1. The number of carbonyl (C=O) groups is 1. The predicted octanol–water partition coefficient (Wildman–Crippen LogP) is 3.42. The van der Waals surface area contributed by atoms with Crippen molar-refractivity contribution in [2.45, 2.75) is 26.8 Å². The summed E-state index contributed by atoms with van der Waals surface area (Å²) in [5.74, 6) is -0.104. The van der Waals surface area contributed by atoms with Crippen molar-refractivity contribution >= 4 is 51.7 Å². The van der Waals surface area contributed by atoms with Crippen molar-refractivity contribution in [1.29, 1.82) is 0 Å². The molecule has 1 atom stereocenters. The van der Waals surface area contributed by atoms with E-state index in [0.717, 1.165) is 11.3 Å². The van der Waals surface area contributed by atoms with E-state index in [2.05, 4.69) is 4.99 Å². The van der Waals surface area contributed by atoms with E-state index < -0.39 is 33.9 Å². The van der Waals surface area contributed by atoms with Gasteiger partial charge in [0, 0.05) is 6.07 Å². The van der Waals surface area contributed by atoms with E-state index in [9.17, 15) is 24.8 Å². The molecule has 0 radical (unpaired) electrons. The van der Waals surface area contributed by atoms with Gasteiger partial charge in [0.05, 0.1) is 50.7 Å². The van der Waals surface area contributed by atoms with Gasteiger partial charge in [-0.15, -0.1) is 0 Å². The predicted molar refractivity (Wildman–Crippen MR) is 152 cm³/mol. The van der Waals surface area contributed by atoms with Crippen LogP contribution in [0.25, 0.3) is 6.08 Å². The number of nitrogens with zero attached hydrogens (tertiary/aromatic N) is 3. The Balaban J connectivity index is 1.98. The second-order valence-corrected chi connectivity index (χ2v) is 10.4. The maximum absolute atomic E-state index is 13.8. The molecule has 1 aliphatic heterocycles. The number of aromatic nitrogens is 1. The second-order valence-electron chi connectivity index (χ2n) is 8.27. The van der Waals surface area contributed by atoms with Crippen molar-refractivity contribution in [3.8, 4) is 17.2 Å². The van der Waals surface area contributed by atoms with Gasteiger partial charge in [-0.25, -0.2) is 9.79 Å². The Morgan fingerprint density at radius 1 is 1.26 bits per heavy atom. The summed E-state index contributed by atoms with van der Waals surface area (Å²) in [5, 5.41) is 21.4. The highest BCUT2D eigenvalue weighted by Gasteiger charge is 2.34. The quantitative estimate of drug-likeness (QED) is 0.167. The lowest BCUT2D eigenvalue weighted by Gasteiger charge is -2.25. The van der Waals surface area contributed by atoms with Crippen LogP contribution in [0.3, 0.4) is 0 Å². The lowest BCUT2D eigenvalue weighted by Crippen LogP contribution is -2.40. The number of nitro benzene ring substituents is 1. The fourth-order valence-electron chi connectivity index (χ4n) is 4.22. The van der Waals surface area contributed by atoms with Crippen LogP contribution < -0.4 is 24.4 Å². The Kier molecular flexibility index (Phi) is 8.39. The van der Waals surface area contributed by atoms with Crippen LogP contribution in [0.1, 0.15) is 37.9 Å². The monoisotopic (exact) mass is 665 g/mol. The van der Waals surface area contributed by atoms with E-state index in [4.69, 9.17) is 14.2 Å². The standard InChI is InChI=1S/C26H24IN3O8S/c1-5-37-19-12-15(7-8-18(19)36-4)22-21(25(33)38-6-2)13(3)28-26-29(22)24(32)20(39-26)11-14-9-16(27)23(31)17(10-14)30(34)35/h7-12,22,31H,5-6H2,1-4H3/b20-11-/t22-/m0/s1. The number of aromatic hydroxyl groups is 1. The first-order valence-electron chi connectivity index (χ1n) is 11.8. The number of carbonyl (C=O) groups excluding carboxylic acids is 1. The average molecular weight is 665 g/mol. The molecule has 1 N–H and O–H groups in total. The third-order valence-corrected chi connectivity index (χ3v) is 7.69. The van der Waals surface area contributed by atoms with E-state index in [1.54, 1.807) is 54.6 Å². The van der Waals surface area contributed by atoms with E-state index in [0.29, 0.717) is 39.7 Å². The number of rotatable bonds is 8. The van der Waals surface area contributed by atoms with Crippen LogP contribution in [0, 0.1) is 13.7 Å². The van der Waals surface area contributed by atoms with Crippen LogP contribution in [0.2, 0.25) is 0 Å². The Morgan fingerprint density at radius 2 is 2.00 bits per heavy atom. The number of halogens is 1. The topological polar surface area (TPSA) is 142 Å². The molecule has 13 heteroatoms. The third kappa shape index (κ3) is 5.41. The number of phenolic OH excluding ortho intramolecular Hbond substituents is 1. The van der Waals surface area contributed by atoms with Crippen LogP contribution in [0.15, 0.2) is 51.4 Å². The molecule has 11 nitrogen and oxygen atoms in total. The van der Waals surface area contributed by atoms with Crippen molar-refractivity contribution < 1.29 is 29.0 Å². The molecular formula is C26H24IN3O8S. The molecule has 0 unspecified atom stereocenters.